The predicted molar refractivity (Wildman–Crippen MR) is 85.5 cm³/mol. The van der Waals surface area contributed by atoms with E-state index in [1.807, 2.05) is 37.4 Å². The zero-order chi connectivity index (χ0) is 16.0. The molecular formula is C19H17N3O. The van der Waals surface area contributed by atoms with Gasteiger partial charge in [0.15, 0.2) is 5.78 Å². The zero-order valence-corrected chi connectivity index (χ0v) is 12.9. The van der Waals surface area contributed by atoms with Gasteiger partial charge in [0, 0.05) is 12.1 Å². The van der Waals surface area contributed by atoms with Gasteiger partial charge in [0.1, 0.15) is 6.07 Å². The fourth-order valence-corrected chi connectivity index (χ4v) is 4.36. The Kier molecular flexibility index (Phi) is 2.99. The van der Waals surface area contributed by atoms with Crippen molar-refractivity contribution in [2.24, 2.45) is 11.8 Å². The molecule has 0 radical (unpaired) electrons. The summed E-state index contributed by atoms with van der Waals surface area (Å²) in [6.45, 7) is 1.95. The van der Waals surface area contributed by atoms with Gasteiger partial charge in [-0.2, -0.15) is 10.4 Å². The van der Waals surface area contributed by atoms with Crippen LogP contribution in [0.3, 0.4) is 0 Å². The highest BCUT2D eigenvalue weighted by Crippen LogP contribution is 2.52. The summed E-state index contributed by atoms with van der Waals surface area (Å²) in [7, 11) is 0. The van der Waals surface area contributed by atoms with Crippen molar-refractivity contribution in [2.75, 3.05) is 0 Å². The van der Waals surface area contributed by atoms with Crippen LogP contribution < -0.4 is 0 Å². The molecule has 2 aliphatic rings. The van der Waals surface area contributed by atoms with E-state index in [1.54, 1.807) is 0 Å². The number of fused-ring (bicyclic) bond motifs is 3. The summed E-state index contributed by atoms with van der Waals surface area (Å²) < 4.78 is 0. The fourth-order valence-electron chi connectivity index (χ4n) is 4.36. The van der Waals surface area contributed by atoms with Crippen molar-refractivity contribution >= 4 is 5.78 Å². The van der Waals surface area contributed by atoms with Crippen LogP contribution >= 0.6 is 0 Å². The Morgan fingerprint density at radius 1 is 1.35 bits per heavy atom. The lowest BCUT2D eigenvalue weighted by atomic mass is 9.54. The molecule has 0 aliphatic heterocycles. The van der Waals surface area contributed by atoms with E-state index >= 15 is 0 Å². The number of aromatic nitrogens is 2. The molecule has 23 heavy (non-hydrogen) atoms. The Balaban J connectivity index is 2.08. The molecule has 1 N–H and O–H groups in total. The van der Waals surface area contributed by atoms with Gasteiger partial charge in [-0.3, -0.25) is 9.89 Å². The third-order valence-corrected chi connectivity index (χ3v) is 5.45. The Bertz CT molecular complexity index is 843. The Hall–Kier alpha value is -2.67. The van der Waals surface area contributed by atoms with E-state index in [9.17, 15) is 10.1 Å². The summed E-state index contributed by atoms with van der Waals surface area (Å²) in [6.07, 6.45) is 5.65. The normalized spacial score (nSPS) is 29.2. The number of rotatable bonds is 1. The molecule has 0 saturated heterocycles. The fraction of sp³-hybridized carbons (Fsp3) is 0.316. The molecule has 2 aromatic rings. The Morgan fingerprint density at radius 3 is 2.87 bits per heavy atom. The number of nitrogens with one attached hydrogen (secondary N) is 1. The smallest absolute Gasteiger partial charge is 0.176 e. The van der Waals surface area contributed by atoms with E-state index in [1.165, 1.54) is 5.56 Å². The topological polar surface area (TPSA) is 69.5 Å². The molecule has 1 aromatic heterocycles. The third kappa shape index (κ3) is 1.77. The second-order valence-electron chi connectivity index (χ2n) is 6.46. The summed E-state index contributed by atoms with van der Waals surface area (Å²) in [4.78, 5) is 12.5. The van der Waals surface area contributed by atoms with Crippen molar-refractivity contribution in [3.63, 3.8) is 0 Å². The van der Waals surface area contributed by atoms with Crippen LogP contribution in [0.2, 0.25) is 0 Å². The van der Waals surface area contributed by atoms with Gasteiger partial charge < -0.3 is 0 Å². The zero-order valence-electron chi connectivity index (χ0n) is 12.9. The van der Waals surface area contributed by atoms with Gasteiger partial charge in [0.05, 0.1) is 16.7 Å². The number of aryl methyl sites for hydroxylation is 1. The summed E-state index contributed by atoms with van der Waals surface area (Å²) >= 11 is 0. The van der Waals surface area contributed by atoms with Crippen LogP contribution in [0, 0.1) is 23.2 Å². The number of nitrogens with zero attached hydrogens (tertiary/aromatic N) is 2. The third-order valence-electron chi connectivity index (χ3n) is 5.45. The molecule has 0 saturated carbocycles. The SMILES string of the molecule is C[C@@H]1C(=O)C(C#N)=C[C@]2(c3ccccc3)c3n[nH]cc3CC[C@@H]12. The first kappa shape index (κ1) is 14.0. The number of allylic oxidation sites excluding steroid dienone is 2. The largest absolute Gasteiger partial charge is 0.293 e. The van der Waals surface area contributed by atoms with E-state index in [4.69, 9.17) is 0 Å². The monoisotopic (exact) mass is 303 g/mol. The second-order valence-corrected chi connectivity index (χ2v) is 6.46. The van der Waals surface area contributed by atoms with Crippen LogP contribution in [-0.4, -0.2) is 16.0 Å². The van der Waals surface area contributed by atoms with E-state index in [-0.39, 0.29) is 23.2 Å². The van der Waals surface area contributed by atoms with Crippen molar-refractivity contribution < 1.29 is 4.79 Å². The molecule has 114 valence electrons. The van der Waals surface area contributed by atoms with Crippen molar-refractivity contribution in [2.45, 2.75) is 25.2 Å². The summed E-state index contributed by atoms with van der Waals surface area (Å²) in [5.74, 6) is -0.0898. The maximum Gasteiger partial charge on any atom is 0.176 e. The maximum atomic E-state index is 12.5. The van der Waals surface area contributed by atoms with Crippen LogP contribution in [0.4, 0.5) is 0 Å². The number of H-pyrrole nitrogens is 1. The van der Waals surface area contributed by atoms with Crippen molar-refractivity contribution in [3.05, 3.63) is 65.0 Å². The quantitative estimate of drug-likeness (QED) is 0.880. The minimum atomic E-state index is -0.493. The van der Waals surface area contributed by atoms with Gasteiger partial charge >= 0.3 is 0 Å². The summed E-state index contributed by atoms with van der Waals surface area (Å²) in [5.41, 5.74) is 3.01. The summed E-state index contributed by atoms with van der Waals surface area (Å²) in [5, 5.41) is 17.0. The van der Waals surface area contributed by atoms with Crippen LogP contribution in [0.25, 0.3) is 0 Å². The van der Waals surface area contributed by atoms with E-state index in [2.05, 4.69) is 28.4 Å². The summed E-state index contributed by atoms with van der Waals surface area (Å²) in [6, 6.07) is 12.2. The predicted octanol–water partition coefficient (Wildman–Crippen LogP) is 2.93. The molecule has 4 rings (SSSR count). The van der Waals surface area contributed by atoms with E-state index in [0.717, 1.165) is 24.1 Å². The van der Waals surface area contributed by atoms with Gasteiger partial charge in [0.2, 0.25) is 0 Å². The number of aromatic amines is 1. The molecule has 1 heterocycles. The average molecular weight is 303 g/mol. The number of hydrogen-bond acceptors (Lipinski definition) is 3. The highest BCUT2D eigenvalue weighted by atomic mass is 16.1. The number of ketones is 1. The molecule has 4 heteroatoms. The van der Waals surface area contributed by atoms with Gasteiger partial charge in [-0.15, -0.1) is 0 Å². The first-order valence-electron chi connectivity index (χ1n) is 7.94. The molecule has 2 aliphatic carbocycles. The number of nitriles is 1. The van der Waals surface area contributed by atoms with Gasteiger partial charge in [-0.05, 0) is 36.0 Å². The maximum absolute atomic E-state index is 12.5. The second kappa shape index (κ2) is 4.92. The molecular weight excluding hydrogens is 286 g/mol. The van der Waals surface area contributed by atoms with Gasteiger partial charge in [0.25, 0.3) is 0 Å². The minimum absolute atomic E-state index is 0.0389. The first-order chi connectivity index (χ1) is 11.2. The van der Waals surface area contributed by atoms with Gasteiger partial charge in [-0.25, -0.2) is 0 Å². The number of hydrogen-bond donors (Lipinski definition) is 1. The number of benzene rings is 1. The molecule has 3 atom stereocenters. The molecule has 0 fully saturated rings. The Labute approximate surface area is 134 Å². The molecule has 0 bridgehead atoms. The first-order valence-corrected chi connectivity index (χ1v) is 7.94. The van der Waals surface area contributed by atoms with Crippen molar-refractivity contribution in [1.29, 1.82) is 5.26 Å². The van der Waals surface area contributed by atoms with Crippen LogP contribution in [0.5, 0.6) is 0 Å². The average Bonchev–Trinajstić information content (AvgIpc) is 3.08. The molecule has 0 spiro atoms. The highest BCUT2D eigenvalue weighted by molar-refractivity contribution is 6.02. The molecule has 0 amide bonds. The van der Waals surface area contributed by atoms with Gasteiger partial charge in [-0.1, -0.05) is 37.3 Å². The van der Waals surface area contributed by atoms with Crippen LogP contribution in [0.1, 0.15) is 30.2 Å². The number of carbonyl (C=O) groups is 1. The number of carbonyl (C=O) groups excluding carboxylic acids is 1. The lowest BCUT2D eigenvalue weighted by Crippen LogP contribution is -2.48. The molecule has 4 nitrogen and oxygen atoms in total. The minimum Gasteiger partial charge on any atom is -0.293 e. The van der Waals surface area contributed by atoms with Crippen molar-refractivity contribution in [3.8, 4) is 6.07 Å². The van der Waals surface area contributed by atoms with Crippen molar-refractivity contribution in [1.82, 2.24) is 10.2 Å². The van der Waals surface area contributed by atoms with Crippen LogP contribution in [-0.2, 0) is 16.6 Å². The van der Waals surface area contributed by atoms with E-state index < -0.39 is 5.41 Å². The number of Topliss-reactive ketones (excluding diaryl/α,β-unsaturated/α-hetero) is 1. The Morgan fingerprint density at radius 2 is 2.13 bits per heavy atom. The van der Waals surface area contributed by atoms with Crippen LogP contribution in [0.15, 0.2) is 48.2 Å². The lowest BCUT2D eigenvalue weighted by molar-refractivity contribution is -0.121. The standard InChI is InChI=1S/C19H17N3O/c1-12-16-8-7-13-11-21-22-18(13)19(16,9-14(10-20)17(12)23)15-5-3-2-4-6-15/h2-6,9,11-12,16H,7-8H2,1H3,(H,21,22)/t12-,16-,19+/m0/s1. The molecule has 0 unspecified atom stereocenters. The van der Waals surface area contributed by atoms with E-state index in [0.29, 0.717) is 0 Å². The highest BCUT2D eigenvalue weighted by Gasteiger charge is 2.52. The molecule has 1 aromatic carbocycles. The lowest BCUT2D eigenvalue weighted by Gasteiger charge is -2.46.